The fourth-order valence-electron chi connectivity index (χ4n) is 6.89. The average molecular weight is 717 g/mol. The molecule has 0 spiro atoms. The summed E-state index contributed by atoms with van der Waals surface area (Å²) in [5.41, 5.74) is 4.69. The molecule has 4 aromatic rings. The first kappa shape index (κ1) is 42.3. The maximum absolute atomic E-state index is 10.0. The molecule has 0 aromatic heterocycles. The van der Waals surface area contributed by atoms with Gasteiger partial charge in [-0.25, -0.2) is 0 Å². The van der Waals surface area contributed by atoms with Gasteiger partial charge in [-0.2, -0.15) is 0 Å². The number of methoxy groups -OCH3 is 4. The van der Waals surface area contributed by atoms with Gasteiger partial charge in [0.1, 0.15) is 23.0 Å². The second kappa shape index (κ2) is 24.2. The number of ether oxygens (including phenoxy) is 4. The minimum atomic E-state index is 0.122. The molecule has 0 bridgehead atoms. The maximum Gasteiger partial charge on any atom is 0.119 e. The minimum Gasteiger partial charge on any atom is -0.497 e. The number of benzene rings is 4. The monoisotopic (exact) mass is 716 g/mol. The van der Waals surface area contributed by atoms with Crippen molar-refractivity contribution >= 4 is 0 Å². The second-order valence-corrected chi connectivity index (χ2v) is 13.4. The highest BCUT2D eigenvalue weighted by molar-refractivity contribution is 5.32. The van der Waals surface area contributed by atoms with Crippen LogP contribution in [0.4, 0.5) is 0 Å². The van der Waals surface area contributed by atoms with Gasteiger partial charge in [0.05, 0.1) is 28.4 Å². The zero-order valence-electron chi connectivity index (χ0n) is 31.5. The van der Waals surface area contributed by atoms with Crippen LogP contribution >= 0.6 is 0 Å². The van der Waals surface area contributed by atoms with Crippen molar-refractivity contribution in [2.75, 3.05) is 54.9 Å². The summed E-state index contributed by atoms with van der Waals surface area (Å²) in [5.74, 6) is 4.17. The van der Waals surface area contributed by atoms with E-state index in [-0.39, 0.29) is 50.1 Å². The van der Waals surface area contributed by atoms with Gasteiger partial charge in [0.25, 0.3) is 0 Å². The van der Waals surface area contributed by atoms with Crippen LogP contribution in [0, 0.1) is 23.7 Å². The predicted molar refractivity (Wildman–Crippen MR) is 208 cm³/mol. The summed E-state index contributed by atoms with van der Waals surface area (Å²) >= 11 is 0. The molecule has 0 radical (unpaired) electrons. The van der Waals surface area contributed by atoms with E-state index in [0.29, 0.717) is 0 Å². The molecular formula is C44H60O8. The van der Waals surface area contributed by atoms with Crippen LogP contribution in [0.2, 0.25) is 0 Å². The van der Waals surface area contributed by atoms with Crippen LogP contribution in [0.15, 0.2) is 97.1 Å². The van der Waals surface area contributed by atoms with E-state index in [4.69, 9.17) is 18.9 Å². The number of rotatable bonds is 22. The van der Waals surface area contributed by atoms with Crippen molar-refractivity contribution < 1.29 is 39.4 Å². The molecule has 8 heteroatoms. The van der Waals surface area contributed by atoms with E-state index in [2.05, 4.69) is 24.3 Å². The first-order chi connectivity index (χ1) is 25.4. The molecule has 0 aliphatic heterocycles. The Morgan fingerprint density at radius 3 is 0.904 bits per heavy atom. The van der Waals surface area contributed by atoms with Crippen molar-refractivity contribution in [1.29, 1.82) is 0 Å². The zero-order valence-corrected chi connectivity index (χ0v) is 31.5. The van der Waals surface area contributed by atoms with E-state index in [1.807, 2.05) is 72.8 Å². The molecule has 0 aliphatic rings. The highest BCUT2D eigenvalue weighted by atomic mass is 16.5. The molecule has 0 saturated heterocycles. The van der Waals surface area contributed by atoms with Crippen molar-refractivity contribution in [2.45, 2.75) is 51.4 Å². The largest absolute Gasteiger partial charge is 0.497 e. The van der Waals surface area contributed by atoms with Crippen molar-refractivity contribution in [1.82, 2.24) is 0 Å². The maximum atomic E-state index is 10.0. The number of aliphatic hydroxyl groups is 4. The van der Waals surface area contributed by atoms with Gasteiger partial charge < -0.3 is 39.4 Å². The van der Waals surface area contributed by atoms with E-state index in [9.17, 15) is 20.4 Å². The summed E-state index contributed by atoms with van der Waals surface area (Å²) in [6.07, 6.45) is 6.51. The van der Waals surface area contributed by atoms with Gasteiger partial charge in [-0.05, 0) is 146 Å². The Balaban J connectivity index is 0.000000280. The molecule has 0 unspecified atom stereocenters. The van der Waals surface area contributed by atoms with Crippen LogP contribution in [0.3, 0.4) is 0 Å². The van der Waals surface area contributed by atoms with Gasteiger partial charge in [-0.3, -0.25) is 0 Å². The van der Waals surface area contributed by atoms with Crippen LogP contribution in [0.25, 0.3) is 0 Å². The van der Waals surface area contributed by atoms with E-state index in [1.54, 1.807) is 28.4 Å². The quantitative estimate of drug-likeness (QED) is 0.0689. The van der Waals surface area contributed by atoms with Crippen molar-refractivity contribution in [3.8, 4) is 23.0 Å². The van der Waals surface area contributed by atoms with Crippen molar-refractivity contribution in [3.05, 3.63) is 119 Å². The topological polar surface area (TPSA) is 118 Å². The minimum absolute atomic E-state index is 0.122. The SMILES string of the molecule is COc1cccc(C[C@@H](CO)[C@H](CCCO)Cc2cccc(OC)c2)c1.COc1cccc(C[C@H](CO)[C@@H](CCCO)Cc2cccc(OC)c2)c1. The van der Waals surface area contributed by atoms with Crippen LogP contribution in [0.1, 0.15) is 47.9 Å². The van der Waals surface area contributed by atoms with Gasteiger partial charge >= 0.3 is 0 Å². The molecule has 0 aliphatic carbocycles. The molecule has 4 atom stereocenters. The fourth-order valence-corrected chi connectivity index (χ4v) is 6.89. The third kappa shape index (κ3) is 14.5. The Labute approximate surface area is 311 Å². The molecule has 0 heterocycles. The van der Waals surface area contributed by atoms with Gasteiger partial charge in [-0.15, -0.1) is 0 Å². The first-order valence-electron chi connectivity index (χ1n) is 18.3. The molecule has 0 saturated carbocycles. The van der Waals surface area contributed by atoms with Gasteiger partial charge in [-0.1, -0.05) is 48.5 Å². The summed E-state index contributed by atoms with van der Waals surface area (Å²) in [4.78, 5) is 0. The second-order valence-electron chi connectivity index (χ2n) is 13.4. The van der Waals surface area contributed by atoms with E-state index in [1.165, 1.54) is 11.1 Å². The summed E-state index contributed by atoms with van der Waals surface area (Å²) in [6, 6.07) is 32.1. The van der Waals surface area contributed by atoms with Gasteiger partial charge in [0.15, 0.2) is 0 Å². The Kier molecular flexibility index (Phi) is 19.7. The lowest BCUT2D eigenvalue weighted by Gasteiger charge is -2.26. The molecule has 4 rings (SSSR count). The van der Waals surface area contributed by atoms with E-state index in [0.717, 1.165) is 85.5 Å². The lowest BCUT2D eigenvalue weighted by Crippen LogP contribution is -2.23. The first-order valence-corrected chi connectivity index (χ1v) is 18.3. The summed E-state index contributed by atoms with van der Waals surface area (Å²) in [7, 11) is 6.66. The zero-order chi connectivity index (χ0) is 37.6. The normalized spacial score (nSPS) is 13.2. The van der Waals surface area contributed by atoms with Crippen LogP contribution in [0.5, 0.6) is 23.0 Å². The smallest absolute Gasteiger partial charge is 0.119 e. The van der Waals surface area contributed by atoms with Gasteiger partial charge in [0, 0.05) is 26.4 Å². The Morgan fingerprint density at radius 2 is 0.673 bits per heavy atom. The molecule has 8 nitrogen and oxygen atoms in total. The Hall–Kier alpha value is -4.08. The molecule has 0 fully saturated rings. The molecule has 4 aromatic carbocycles. The highest BCUT2D eigenvalue weighted by Gasteiger charge is 2.23. The third-order valence-electron chi connectivity index (χ3n) is 9.80. The number of hydrogen-bond donors (Lipinski definition) is 4. The number of hydrogen-bond acceptors (Lipinski definition) is 8. The Morgan fingerprint density at radius 1 is 0.404 bits per heavy atom. The summed E-state index contributed by atoms with van der Waals surface area (Å²) in [5, 5.41) is 38.6. The molecule has 52 heavy (non-hydrogen) atoms. The van der Waals surface area contributed by atoms with E-state index < -0.39 is 0 Å². The fraction of sp³-hybridized carbons (Fsp3) is 0.455. The van der Waals surface area contributed by atoms with Gasteiger partial charge in [0.2, 0.25) is 0 Å². The molecule has 4 N–H and O–H groups in total. The van der Waals surface area contributed by atoms with Crippen LogP contribution in [-0.4, -0.2) is 75.3 Å². The summed E-state index contributed by atoms with van der Waals surface area (Å²) in [6.45, 7) is 0.590. The number of aliphatic hydroxyl groups excluding tert-OH is 4. The third-order valence-corrected chi connectivity index (χ3v) is 9.80. The van der Waals surface area contributed by atoms with Crippen LogP contribution in [-0.2, 0) is 25.7 Å². The van der Waals surface area contributed by atoms with Crippen LogP contribution < -0.4 is 18.9 Å². The average Bonchev–Trinajstić information content (AvgIpc) is 3.19. The van der Waals surface area contributed by atoms with Crippen molar-refractivity contribution in [3.63, 3.8) is 0 Å². The standard InChI is InChI=1S/2C22H30O4/c2*1-25-21-9-3-6-17(14-21)12-19(8-5-11-23)20(16-24)13-18-7-4-10-22(15-18)26-2/h2*3-4,6-7,9-10,14-15,19-20,23-24H,5,8,11-13,16H2,1-2H3/t2*19-,20+/m10/s1. The lowest BCUT2D eigenvalue weighted by atomic mass is 9.80. The highest BCUT2D eigenvalue weighted by Crippen LogP contribution is 2.30. The van der Waals surface area contributed by atoms with E-state index >= 15 is 0 Å². The lowest BCUT2D eigenvalue weighted by molar-refractivity contribution is 0.158. The van der Waals surface area contributed by atoms with Crippen molar-refractivity contribution in [2.24, 2.45) is 23.7 Å². The molecule has 284 valence electrons. The predicted octanol–water partition coefficient (Wildman–Crippen LogP) is 6.97. The summed E-state index contributed by atoms with van der Waals surface area (Å²) < 4.78 is 21.3. The molecule has 0 amide bonds. The molecular weight excluding hydrogens is 656 g/mol. The Bertz CT molecular complexity index is 1430.